The van der Waals surface area contributed by atoms with Gasteiger partial charge in [0.15, 0.2) is 18.2 Å². The first kappa shape index (κ1) is 21.1. The zero-order chi connectivity index (χ0) is 21.7. The van der Waals surface area contributed by atoms with Gasteiger partial charge in [-0.3, -0.25) is 9.59 Å². The van der Waals surface area contributed by atoms with E-state index in [2.05, 4.69) is 32.9 Å². The average molecular weight is 413 g/mol. The Kier molecular flexibility index (Phi) is 5.27. The lowest BCUT2D eigenvalue weighted by Gasteiger charge is -2.52. The van der Waals surface area contributed by atoms with Crippen LogP contribution in [-0.2, 0) is 19.1 Å². The summed E-state index contributed by atoms with van der Waals surface area (Å²) in [5.74, 6) is 1.07. The monoisotopic (exact) mass is 412 g/mol. The molecular weight excluding hydrogens is 380 g/mol. The summed E-state index contributed by atoms with van der Waals surface area (Å²) >= 11 is 0. The first-order valence-corrected chi connectivity index (χ1v) is 11.2. The van der Waals surface area contributed by atoms with Crippen molar-refractivity contribution in [3.63, 3.8) is 0 Å². The maximum atomic E-state index is 13.1. The van der Waals surface area contributed by atoms with E-state index in [-0.39, 0.29) is 47.4 Å². The normalized spacial score (nSPS) is 39.3. The standard InChI is InChI=1S/C25H32O5/c1-5-29-23(28)30-14-21(27)22-15(2)12-20-18-7-6-16-13-17(26)8-10-24(16,3)19(18)9-11-25(20,22)4/h8-10,13,15,18,20,22H,5-7,11-12,14H2,1-4H3/t15-,18?,20?,22?,24-,25-/m0/s1. The van der Waals surface area contributed by atoms with Crippen molar-refractivity contribution in [1.82, 2.24) is 0 Å². The van der Waals surface area contributed by atoms with Crippen LogP contribution in [0, 0.1) is 34.5 Å². The number of rotatable bonds is 4. The molecule has 3 unspecified atom stereocenters. The molecule has 0 aromatic rings. The van der Waals surface area contributed by atoms with Crippen LogP contribution in [0.25, 0.3) is 0 Å². The van der Waals surface area contributed by atoms with Crippen molar-refractivity contribution in [3.05, 3.63) is 35.5 Å². The molecule has 2 fully saturated rings. The maximum Gasteiger partial charge on any atom is 0.508 e. The smallest absolute Gasteiger partial charge is 0.435 e. The lowest BCUT2D eigenvalue weighted by Crippen LogP contribution is -2.45. The largest absolute Gasteiger partial charge is 0.508 e. The molecule has 0 bridgehead atoms. The van der Waals surface area contributed by atoms with Crippen LogP contribution in [0.4, 0.5) is 4.79 Å². The Hall–Kier alpha value is -2.17. The molecule has 162 valence electrons. The first-order chi connectivity index (χ1) is 14.2. The second-order valence-electron chi connectivity index (χ2n) is 9.86. The van der Waals surface area contributed by atoms with Gasteiger partial charge in [-0.2, -0.15) is 0 Å². The molecule has 5 nitrogen and oxygen atoms in total. The Balaban J connectivity index is 1.59. The van der Waals surface area contributed by atoms with Crippen LogP contribution in [0.1, 0.15) is 53.4 Å². The van der Waals surface area contributed by atoms with Crippen molar-refractivity contribution in [2.75, 3.05) is 13.2 Å². The summed E-state index contributed by atoms with van der Waals surface area (Å²) in [5, 5.41) is 0. The number of fused-ring (bicyclic) bond motifs is 5. The van der Waals surface area contributed by atoms with Gasteiger partial charge in [-0.1, -0.05) is 37.1 Å². The lowest BCUT2D eigenvalue weighted by atomic mass is 9.52. The molecule has 0 aromatic carbocycles. The molecule has 0 aromatic heterocycles. The lowest BCUT2D eigenvalue weighted by molar-refractivity contribution is -0.132. The van der Waals surface area contributed by atoms with Crippen molar-refractivity contribution < 1.29 is 23.9 Å². The molecular formula is C25H32O5. The van der Waals surface area contributed by atoms with Crippen LogP contribution in [-0.4, -0.2) is 30.9 Å². The number of Topliss-reactive ketones (excluding diaryl/α,β-unsaturated/α-hetero) is 1. The molecule has 4 aliphatic carbocycles. The predicted octanol–water partition coefficient (Wildman–Crippen LogP) is 4.82. The van der Waals surface area contributed by atoms with Gasteiger partial charge in [-0.05, 0) is 74.9 Å². The highest BCUT2D eigenvalue weighted by atomic mass is 16.7. The van der Waals surface area contributed by atoms with E-state index in [1.165, 1.54) is 11.1 Å². The number of ketones is 2. The maximum absolute atomic E-state index is 13.1. The molecule has 0 N–H and O–H groups in total. The number of allylic oxidation sites excluding steroid dienone is 6. The highest BCUT2D eigenvalue weighted by Crippen LogP contribution is 2.65. The fourth-order valence-electron chi connectivity index (χ4n) is 6.96. The van der Waals surface area contributed by atoms with E-state index in [4.69, 9.17) is 9.47 Å². The van der Waals surface area contributed by atoms with Crippen molar-refractivity contribution in [1.29, 1.82) is 0 Å². The predicted molar refractivity (Wildman–Crippen MR) is 113 cm³/mol. The minimum absolute atomic E-state index is 0.00293. The van der Waals surface area contributed by atoms with Gasteiger partial charge in [-0.15, -0.1) is 0 Å². The highest BCUT2D eigenvalue weighted by molar-refractivity contribution is 6.01. The molecule has 0 radical (unpaired) electrons. The Morgan fingerprint density at radius 3 is 2.73 bits per heavy atom. The number of carbonyl (C=O) groups excluding carboxylic acids is 3. The number of carbonyl (C=O) groups is 3. The fraction of sp³-hybridized carbons (Fsp3) is 0.640. The fourth-order valence-corrected chi connectivity index (χ4v) is 6.96. The second kappa shape index (κ2) is 7.51. The molecule has 4 aliphatic rings. The van der Waals surface area contributed by atoms with Gasteiger partial charge >= 0.3 is 6.16 Å². The number of ether oxygens (including phenoxy) is 2. The van der Waals surface area contributed by atoms with Gasteiger partial charge in [0.25, 0.3) is 0 Å². The SMILES string of the molecule is CCOC(=O)OCC(=O)C1[C@@H](C)CC2C3CCC4=CC(=O)C=C[C@]4(C)C3=CC[C@@]21C. The Bertz CT molecular complexity index is 865. The van der Waals surface area contributed by atoms with Crippen molar-refractivity contribution in [3.8, 4) is 0 Å². The molecule has 2 saturated carbocycles. The van der Waals surface area contributed by atoms with E-state index in [1.807, 2.05) is 6.08 Å². The third-order valence-electron chi connectivity index (χ3n) is 8.23. The summed E-state index contributed by atoms with van der Waals surface area (Å²) in [5.41, 5.74) is 2.35. The molecule has 0 aliphatic heterocycles. The Morgan fingerprint density at radius 2 is 2.00 bits per heavy atom. The van der Waals surface area contributed by atoms with E-state index in [9.17, 15) is 14.4 Å². The van der Waals surface area contributed by atoms with Crippen LogP contribution >= 0.6 is 0 Å². The summed E-state index contributed by atoms with van der Waals surface area (Å²) in [7, 11) is 0. The molecule has 0 heterocycles. The molecule has 4 rings (SSSR count). The van der Waals surface area contributed by atoms with E-state index in [0.717, 1.165) is 25.7 Å². The van der Waals surface area contributed by atoms with Crippen LogP contribution in [0.15, 0.2) is 35.5 Å². The highest BCUT2D eigenvalue weighted by Gasteiger charge is 2.59. The average Bonchev–Trinajstić information content (AvgIpc) is 2.97. The minimum Gasteiger partial charge on any atom is -0.435 e. The third kappa shape index (κ3) is 3.17. The van der Waals surface area contributed by atoms with E-state index in [1.54, 1.807) is 13.0 Å². The number of hydrogen-bond acceptors (Lipinski definition) is 5. The first-order valence-electron chi connectivity index (χ1n) is 11.2. The summed E-state index contributed by atoms with van der Waals surface area (Å²) in [6.07, 6.45) is 11.0. The van der Waals surface area contributed by atoms with Gasteiger partial charge in [-0.25, -0.2) is 4.79 Å². The minimum atomic E-state index is -0.776. The van der Waals surface area contributed by atoms with Crippen molar-refractivity contribution >= 4 is 17.7 Å². The topological polar surface area (TPSA) is 69.7 Å². The van der Waals surface area contributed by atoms with E-state index in [0.29, 0.717) is 11.8 Å². The zero-order valence-electron chi connectivity index (χ0n) is 18.4. The molecule has 0 amide bonds. The van der Waals surface area contributed by atoms with Gasteiger partial charge < -0.3 is 9.47 Å². The molecule has 5 heteroatoms. The quantitative estimate of drug-likeness (QED) is 0.489. The molecule has 30 heavy (non-hydrogen) atoms. The molecule has 0 spiro atoms. The third-order valence-corrected chi connectivity index (χ3v) is 8.23. The Labute approximate surface area is 178 Å². The van der Waals surface area contributed by atoms with Gasteiger partial charge in [0.05, 0.1) is 6.61 Å². The molecule has 0 saturated heterocycles. The summed E-state index contributed by atoms with van der Waals surface area (Å²) in [6.45, 7) is 8.36. The van der Waals surface area contributed by atoms with Crippen molar-refractivity contribution in [2.24, 2.45) is 34.5 Å². The summed E-state index contributed by atoms with van der Waals surface area (Å²) in [4.78, 5) is 36.5. The van der Waals surface area contributed by atoms with E-state index >= 15 is 0 Å². The van der Waals surface area contributed by atoms with Crippen LogP contribution in [0.3, 0.4) is 0 Å². The van der Waals surface area contributed by atoms with Crippen LogP contribution in [0.5, 0.6) is 0 Å². The van der Waals surface area contributed by atoms with Gasteiger partial charge in [0.2, 0.25) is 0 Å². The van der Waals surface area contributed by atoms with Crippen LogP contribution in [0.2, 0.25) is 0 Å². The van der Waals surface area contributed by atoms with E-state index < -0.39 is 6.16 Å². The Morgan fingerprint density at radius 1 is 1.23 bits per heavy atom. The van der Waals surface area contributed by atoms with Gasteiger partial charge in [0, 0.05) is 11.3 Å². The second-order valence-corrected chi connectivity index (χ2v) is 9.86. The van der Waals surface area contributed by atoms with Crippen LogP contribution < -0.4 is 0 Å². The zero-order valence-corrected chi connectivity index (χ0v) is 18.4. The number of hydrogen-bond donors (Lipinski definition) is 0. The van der Waals surface area contributed by atoms with Crippen molar-refractivity contribution in [2.45, 2.75) is 53.4 Å². The summed E-state index contributed by atoms with van der Waals surface area (Å²) < 4.78 is 9.85. The summed E-state index contributed by atoms with van der Waals surface area (Å²) in [6, 6.07) is 0. The molecule has 6 atom stereocenters. The van der Waals surface area contributed by atoms with Gasteiger partial charge in [0.1, 0.15) is 0 Å².